The normalized spacial score (nSPS) is 16.8. The zero-order valence-electron chi connectivity index (χ0n) is 19.1. The number of benzene rings is 2. The monoisotopic (exact) mass is 439 g/mol. The van der Waals surface area contributed by atoms with Gasteiger partial charge in [0.25, 0.3) is 0 Å². The Bertz CT molecular complexity index is 1190. The first kappa shape index (κ1) is 22.2. The smallest absolute Gasteiger partial charge is 0.148 e. The summed E-state index contributed by atoms with van der Waals surface area (Å²) in [7, 11) is 1.59. The first-order valence-corrected chi connectivity index (χ1v) is 11.3. The molecule has 0 aromatic heterocycles. The third kappa shape index (κ3) is 4.78. The minimum atomic E-state index is -0.409. The predicted molar refractivity (Wildman–Crippen MR) is 133 cm³/mol. The van der Waals surface area contributed by atoms with Gasteiger partial charge in [0.15, 0.2) is 0 Å². The first-order valence-electron chi connectivity index (χ1n) is 11.3. The number of nitrogens with zero attached hydrogens (tertiary/aromatic N) is 2. The van der Waals surface area contributed by atoms with E-state index >= 15 is 0 Å². The number of rotatable bonds is 7. The Kier molecular flexibility index (Phi) is 6.80. The van der Waals surface area contributed by atoms with E-state index in [0.29, 0.717) is 11.3 Å². The summed E-state index contributed by atoms with van der Waals surface area (Å²) in [6.07, 6.45) is 6.88. The molecule has 2 aromatic rings. The third-order valence-electron chi connectivity index (χ3n) is 5.78. The molecule has 3 N–H and O–H groups in total. The second-order valence-corrected chi connectivity index (χ2v) is 8.00. The molecule has 0 spiro atoms. The van der Waals surface area contributed by atoms with Gasteiger partial charge in [0.05, 0.1) is 18.7 Å². The van der Waals surface area contributed by atoms with Crippen LogP contribution in [0.2, 0.25) is 0 Å². The Morgan fingerprint density at radius 3 is 2.94 bits per heavy atom. The van der Waals surface area contributed by atoms with Crippen LogP contribution in [0.3, 0.4) is 0 Å². The zero-order valence-corrected chi connectivity index (χ0v) is 19.1. The molecule has 168 valence electrons. The number of nitrogens with one attached hydrogen (secondary N) is 3. The maximum absolute atomic E-state index is 9.71. The zero-order chi connectivity index (χ0) is 23.2. The van der Waals surface area contributed by atoms with Crippen molar-refractivity contribution < 1.29 is 4.74 Å². The van der Waals surface area contributed by atoms with Gasteiger partial charge >= 0.3 is 0 Å². The molecule has 1 aliphatic carbocycles. The summed E-state index contributed by atoms with van der Waals surface area (Å²) in [6, 6.07) is 15.8. The van der Waals surface area contributed by atoms with Gasteiger partial charge in [0.2, 0.25) is 0 Å². The molecule has 0 fully saturated rings. The Morgan fingerprint density at radius 1 is 1.30 bits per heavy atom. The summed E-state index contributed by atoms with van der Waals surface area (Å²) in [4.78, 5) is 4.96. The molecule has 2 aromatic carbocycles. The number of ether oxygens (including phenoxy) is 1. The summed E-state index contributed by atoms with van der Waals surface area (Å²) in [6.45, 7) is 7.42. The van der Waals surface area contributed by atoms with E-state index in [1.165, 1.54) is 5.57 Å². The maximum atomic E-state index is 9.71. The van der Waals surface area contributed by atoms with Crippen LogP contribution >= 0.6 is 0 Å². The Morgan fingerprint density at radius 2 is 2.15 bits per heavy atom. The highest BCUT2D eigenvalue weighted by molar-refractivity contribution is 6.06. The van der Waals surface area contributed by atoms with Crippen LogP contribution in [-0.2, 0) is 0 Å². The van der Waals surface area contributed by atoms with Crippen LogP contribution in [-0.4, -0.2) is 19.5 Å². The van der Waals surface area contributed by atoms with Gasteiger partial charge < -0.3 is 20.7 Å². The van der Waals surface area contributed by atoms with Crippen LogP contribution < -0.4 is 20.7 Å². The molecule has 33 heavy (non-hydrogen) atoms. The largest absolute Gasteiger partial charge is 0.497 e. The van der Waals surface area contributed by atoms with Gasteiger partial charge in [-0.15, -0.1) is 0 Å². The van der Waals surface area contributed by atoms with Gasteiger partial charge in [0.1, 0.15) is 17.8 Å². The van der Waals surface area contributed by atoms with Crippen LogP contribution in [0.15, 0.2) is 83.2 Å². The minimum Gasteiger partial charge on any atom is -0.497 e. The van der Waals surface area contributed by atoms with Crippen molar-refractivity contribution >= 4 is 11.5 Å². The number of para-hydroxylation sites is 1. The molecule has 6 heteroatoms. The molecular weight excluding hydrogens is 410 g/mol. The van der Waals surface area contributed by atoms with E-state index < -0.39 is 6.17 Å². The van der Waals surface area contributed by atoms with Gasteiger partial charge in [-0.05, 0) is 55.2 Å². The molecular formula is C27H29N5O. The van der Waals surface area contributed by atoms with Gasteiger partial charge in [-0.25, -0.2) is 4.99 Å². The average Bonchev–Trinajstić information content (AvgIpc) is 2.87. The number of amidine groups is 1. The topological polar surface area (TPSA) is 81.5 Å². The molecule has 2 aliphatic rings. The van der Waals surface area contributed by atoms with E-state index in [1.54, 1.807) is 13.2 Å². The van der Waals surface area contributed by atoms with E-state index in [4.69, 9.17) is 9.73 Å². The Balaban J connectivity index is 1.69. The van der Waals surface area contributed by atoms with Gasteiger partial charge in [-0.1, -0.05) is 37.8 Å². The minimum absolute atomic E-state index is 0.409. The fourth-order valence-corrected chi connectivity index (χ4v) is 4.06. The number of aliphatic imine (C=N–C) groups is 1. The first-order chi connectivity index (χ1) is 16.1. The highest BCUT2D eigenvalue weighted by Gasteiger charge is 2.24. The summed E-state index contributed by atoms with van der Waals surface area (Å²) in [5, 5.41) is 20.2. The molecule has 4 rings (SSSR count). The number of methoxy groups -OCH3 is 1. The molecule has 0 saturated carbocycles. The van der Waals surface area contributed by atoms with Crippen molar-refractivity contribution in [3.63, 3.8) is 0 Å². The summed E-state index contributed by atoms with van der Waals surface area (Å²) < 4.78 is 5.29. The molecule has 1 unspecified atom stereocenters. The highest BCUT2D eigenvalue weighted by Crippen LogP contribution is 2.33. The predicted octanol–water partition coefficient (Wildman–Crippen LogP) is 5.14. The van der Waals surface area contributed by atoms with E-state index in [9.17, 15) is 5.26 Å². The van der Waals surface area contributed by atoms with Crippen LogP contribution in [0.25, 0.3) is 0 Å². The van der Waals surface area contributed by atoms with Crippen LogP contribution in [0, 0.1) is 11.3 Å². The third-order valence-corrected chi connectivity index (χ3v) is 5.78. The van der Waals surface area contributed by atoms with E-state index in [-0.39, 0.29) is 0 Å². The van der Waals surface area contributed by atoms with E-state index in [1.807, 2.05) is 36.4 Å². The Labute approximate surface area is 195 Å². The molecule has 0 amide bonds. The molecule has 0 radical (unpaired) electrons. The standard InChI is InChI=1S/C27H29N5O/c1-4-15-29-24-11-7-5-9-21(24)18(2)30-27-23-10-6-8-12-25(23)31-26(32-27)22-14-13-20(33-3)16-19(22)17-28/h6-8,10-14,16,26,29,31H,2,4-5,9,15H2,1,3H3,(H,30,32). The van der Waals surface area contributed by atoms with Crippen LogP contribution in [0.5, 0.6) is 5.75 Å². The molecule has 1 heterocycles. The van der Waals surface area contributed by atoms with Crippen molar-refractivity contribution in [2.75, 3.05) is 19.0 Å². The lowest BCUT2D eigenvalue weighted by Gasteiger charge is -2.28. The molecule has 1 aliphatic heterocycles. The lowest BCUT2D eigenvalue weighted by Crippen LogP contribution is -2.32. The van der Waals surface area contributed by atoms with Crippen LogP contribution in [0.1, 0.15) is 49.0 Å². The second kappa shape index (κ2) is 10.1. The number of hydrogen-bond donors (Lipinski definition) is 3. The average molecular weight is 440 g/mol. The van der Waals surface area contributed by atoms with E-state index in [2.05, 4.69) is 47.7 Å². The van der Waals surface area contributed by atoms with Crippen molar-refractivity contribution in [2.24, 2.45) is 4.99 Å². The van der Waals surface area contributed by atoms with E-state index in [0.717, 1.165) is 59.9 Å². The number of allylic oxidation sites excluding steroid dienone is 3. The lowest BCUT2D eigenvalue weighted by atomic mass is 9.98. The number of anilines is 1. The van der Waals surface area contributed by atoms with Gasteiger partial charge in [0, 0.05) is 34.8 Å². The van der Waals surface area contributed by atoms with Crippen molar-refractivity contribution in [1.29, 1.82) is 5.26 Å². The summed E-state index contributed by atoms with van der Waals surface area (Å²) >= 11 is 0. The van der Waals surface area contributed by atoms with Crippen LogP contribution in [0.4, 0.5) is 5.69 Å². The number of nitriles is 1. The maximum Gasteiger partial charge on any atom is 0.148 e. The highest BCUT2D eigenvalue weighted by atomic mass is 16.5. The van der Waals surface area contributed by atoms with Gasteiger partial charge in [-0.3, -0.25) is 0 Å². The second-order valence-electron chi connectivity index (χ2n) is 8.00. The molecule has 1 atom stereocenters. The summed E-state index contributed by atoms with van der Waals surface area (Å²) in [5.41, 5.74) is 6.36. The molecule has 6 nitrogen and oxygen atoms in total. The summed E-state index contributed by atoms with van der Waals surface area (Å²) in [5.74, 6) is 1.38. The van der Waals surface area contributed by atoms with Gasteiger partial charge in [-0.2, -0.15) is 5.26 Å². The van der Waals surface area contributed by atoms with Crippen molar-refractivity contribution in [1.82, 2.24) is 10.6 Å². The number of fused-ring (bicyclic) bond motifs is 1. The van der Waals surface area contributed by atoms with Crippen molar-refractivity contribution in [3.05, 3.63) is 94.9 Å². The quantitative estimate of drug-likeness (QED) is 0.556. The lowest BCUT2D eigenvalue weighted by molar-refractivity contribution is 0.414. The van der Waals surface area contributed by atoms with Crippen molar-refractivity contribution in [2.45, 2.75) is 32.4 Å². The molecule has 0 saturated heterocycles. The fraction of sp³-hybridized carbons (Fsp3) is 0.259. The van der Waals surface area contributed by atoms with Crippen molar-refractivity contribution in [3.8, 4) is 11.8 Å². The SMILES string of the molecule is C=C(NC1=NC(c2ccc(OC)cc2C#N)Nc2ccccc21)C1=C(NCCC)C=CCC1. The number of hydrogen-bond acceptors (Lipinski definition) is 6. The Hall–Kier alpha value is -3.98. The molecule has 0 bridgehead atoms. The fourth-order valence-electron chi connectivity index (χ4n) is 4.06.